The van der Waals surface area contributed by atoms with E-state index in [-0.39, 0.29) is 25.0 Å². The van der Waals surface area contributed by atoms with Crippen molar-refractivity contribution in [3.63, 3.8) is 0 Å². The number of hydrogen-bond donors (Lipinski definition) is 4. The molecule has 0 aromatic heterocycles. The number of carbonyl (C=O) groups excluding carboxylic acids is 2. The number of ether oxygens (including phenoxy) is 2. The van der Waals surface area contributed by atoms with Gasteiger partial charge in [-0.2, -0.15) is 0 Å². The lowest BCUT2D eigenvalue weighted by atomic mass is 10.2. The van der Waals surface area contributed by atoms with Gasteiger partial charge in [0.2, 0.25) is 0 Å². The van der Waals surface area contributed by atoms with Crippen molar-refractivity contribution >= 4 is 23.8 Å². The second-order valence-corrected chi connectivity index (χ2v) is 5.31. The van der Waals surface area contributed by atoms with Crippen molar-refractivity contribution in [2.24, 2.45) is 0 Å². The van der Waals surface area contributed by atoms with Crippen LogP contribution in [0.1, 0.15) is 32.8 Å². The summed E-state index contributed by atoms with van der Waals surface area (Å²) in [5, 5.41) is 2.52. The van der Waals surface area contributed by atoms with Gasteiger partial charge in [0.25, 0.3) is 0 Å². The molecule has 0 aliphatic carbocycles. The minimum Gasteiger partial charge on any atom is -0.490 e. The number of carbonyl (C=O) groups is 2. The fourth-order valence-electron chi connectivity index (χ4n) is 1.86. The zero-order chi connectivity index (χ0) is 18.7. The summed E-state index contributed by atoms with van der Waals surface area (Å²) in [6, 6.07) is 4.98. The molecule has 0 saturated heterocycles. The summed E-state index contributed by atoms with van der Waals surface area (Å²) < 4.78 is 10.4. The van der Waals surface area contributed by atoms with Gasteiger partial charge in [0.1, 0.15) is 5.75 Å². The molecule has 0 unspecified atom stereocenters. The smallest absolute Gasteiger partial charge is 0.330 e. The lowest BCUT2D eigenvalue weighted by molar-refractivity contribution is -0.142. The highest BCUT2D eigenvalue weighted by atomic mass is 16.5. The first-order valence-electron chi connectivity index (χ1n) is 8.09. The average Bonchev–Trinajstić information content (AvgIpc) is 2.56. The fourth-order valence-corrected chi connectivity index (χ4v) is 1.86. The van der Waals surface area contributed by atoms with E-state index in [2.05, 4.69) is 28.3 Å². The van der Waals surface area contributed by atoms with Gasteiger partial charge in [0, 0.05) is 12.1 Å². The second-order valence-electron chi connectivity index (χ2n) is 5.31. The summed E-state index contributed by atoms with van der Waals surface area (Å²) in [4.78, 5) is 22.7. The molecule has 8 nitrogen and oxygen atoms in total. The Balaban J connectivity index is 2.36. The van der Waals surface area contributed by atoms with Gasteiger partial charge < -0.3 is 20.2 Å². The summed E-state index contributed by atoms with van der Waals surface area (Å²) in [5.41, 5.74) is 9.36. The second kappa shape index (κ2) is 10.9. The van der Waals surface area contributed by atoms with Crippen LogP contribution in [0.4, 0.5) is 10.5 Å². The number of hydrogen-bond acceptors (Lipinski definition) is 6. The maximum absolute atomic E-state index is 11.6. The van der Waals surface area contributed by atoms with Crippen LogP contribution in [0.5, 0.6) is 5.75 Å². The van der Waals surface area contributed by atoms with E-state index in [4.69, 9.17) is 9.47 Å². The van der Waals surface area contributed by atoms with Gasteiger partial charge in [0.15, 0.2) is 0 Å². The summed E-state index contributed by atoms with van der Waals surface area (Å²) >= 11 is 0. The molecular formula is C17H26N4O4. The normalized spacial score (nSPS) is 10.1. The van der Waals surface area contributed by atoms with Crippen LogP contribution in [0.25, 0.3) is 6.08 Å². The molecule has 138 valence electrons. The maximum atomic E-state index is 11.6. The monoisotopic (exact) mass is 350 g/mol. The first-order valence-corrected chi connectivity index (χ1v) is 8.09. The van der Waals surface area contributed by atoms with E-state index >= 15 is 0 Å². The quantitative estimate of drug-likeness (QED) is 0.381. The van der Waals surface area contributed by atoms with Gasteiger partial charge in [-0.25, -0.2) is 4.79 Å². The van der Waals surface area contributed by atoms with Crippen molar-refractivity contribution in [3.05, 3.63) is 30.3 Å². The molecule has 0 aliphatic rings. The van der Waals surface area contributed by atoms with Crippen LogP contribution in [0, 0.1) is 0 Å². The zero-order valence-corrected chi connectivity index (χ0v) is 14.8. The topological polar surface area (TPSA) is 101 Å². The number of anilines is 1. The zero-order valence-electron chi connectivity index (χ0n) is 14.8. The Kier molecular flexibility index (Phi) is 8.87. The van der Waals surface area contributed by atoms with Gasteiger partial charge in [-0.15, -0.1) is 5.53 Å². The predicted octanol–water partition coefficient (Wildman–Crippen LogP) is 2.20. The Labute approximate surface area is 147 Å². The van der Waals surface area contributed by atoms with E-state index in [0.717, 1.165) is 17.0 Å². The van der Waals surface area contributed by atoms with E-state index < -0.39 is 6.03 Å². The van der Waals surface area contributed by atoms with Crippen molar-refractivity contribution in [2.45, 2.75) is 33.3 Å². The highest BCUT2D eigenvalue weighted by Gasteiger charge is 2.06. The van der Waals surface area contributed by atoms with Gasteiger partial charge in [0.05, 0.1) is 24.8 Å². The third-order valence-corrected chi connectivity index (χ3v) is 2.90. The first kappa shape index (κ1) is 20.3. The molecule has 1 aromatic carbocycles. The molecule has 4 N–H and O–H groups in total. The number of esters is 1. The van der Waals surface area contributed by atoms with E-state index in [0.29, 0.717) is 6.61 Å². The van der Waals surface area contributed by atoms with Gasteiger partial charge in [-0.3, -0.25) is 10.2 Å². The third kappa shape index (κ3) is 8.07. The fraction of sp³-hybridized carbons (Fsp3) is 0.412. The molecule has 0 bridgehead atoms. The van der Waals surface area contributed by atoms with Crippen molar-refractivity contribution in [1.82, 2.24) is 16.3 Å². The standard InChI is InChI=1S/C17H26N4O4/c1-5-13-11-14(7-8-15(13)25-12(3)4)19-21-20-17(23)18-10-9-16(22)24-6-2/h5,7-8,11-12,19,21H,1,6,9-10H2,2-4H3,(H2,18,20,23). The Morgan fingerprint density at radius 3 is 2.72 bits per heavy atom. The number of nitrogens with one attached hydrogen (secondary N) is 4. The average molecular weight is 350 g/mol. The summed E-state index contributed by atoms with van der Waals surface area (Å²) in [6.07, 6.45) is 1.88. The molecule has 1 aromatic rings. The molecule has 0 heterocycles. The Bertz CT molecular complexity index is 590. The molecule has 0 atom stereocenters. The highest BCUT2D eigenvalue weighted by molar-refractivity contribution is 5.75. The first-order chi connectivity index (χ1) is 12.0. The molecule has 0 aliphatic heterocycles. The van der Waals surface area contributed by atoms with Gasteiger partial charge >= 0.3 is 12.0 Å². The van der Waals surface area contributed by atoms with Crippen molar-refractivity contribution < 1.29 is 19.1 Å². The lowest BCUT2D eigenvalue weighted by Gasteiger charge is -2.15. The molecule has 0 spiro atoms. The van der Waals surface area contributed by atoms with Gasteiger partial charge in [-0.1, -0.05) is 12.7 Å². The largest absolute Gasteiger partial charge is 0.490 e. The van der Waals surface area contributed by atoms with Crippen LogP contribution in [0.15, 0.2) is 24.8 Å². The Morgan fingerprint density at radius 2 is 2.08 bits per heavy atom. The van der Waals surface area contributed by atoms with Crippen LogP contribution >= 0.6 is 0 Å². The molecule has 0 radical (unpaired) electrons. The lowest BCUT2D eigenvalue weighted by Crippen LogP contribution is -2.47. The summed E-state index contributed by atoms with van der Waals surface area (Å²) in [7, 11) is 0. The molecule has 25 heavy (non-hydrogen) atoms. The maximum Gasteiger partial charge on any atom is 0.330 e. The van der Waals surface area contributed by atoms with E-state index in [1.807, 2.05) is 26.0 Å². The number of benzene rings is 1. The molecular weight excluding hydrogens is 324 g/mol. The molecule has 1 rings (SSSR count). The van der Waals surface area contributed by atoms with Crippen LogP contribution in [-0.4, -0.2) is 31.3 Å². The molecule has 0 saturated carbocycles. The van der Waals surface area contributed by atoms with E-state index in [9.17, 15) is 9.59 Å². The molecule has 0 fully saturated rings. The van der Waals surface area contributed by atoms with Crippen molar-refractivity contribution in [2.75, 3.05) is 18.6 Å². The van der Waals surface area contributed by atoms with Crippen LogP contribution < -0.4 is 26.4 Å². The SMILES string of the molecule is C=Cc1cc(NNNC(=O)NCCC(=O)OCC)ccc1OC(C)C. The highest BCUT2D eigenvalue weighted by Crippen LogP contribution is 2.24. The number of urea groups is 1. The van der Waals surface area contributed by atoms with E-state index in [1.165, 1.54) is 0 Å². The number of hydrazine groups is 2. The summed E-state index contributed by atoms with van der Waals surface area (Å²) in [6.45, 7) is 9.90. The molecule has 2 amide bonds. The Hall–Kier alpha value is -2.74. The third-order valence-electron chi connectivity index (χ3n) is 2.90. The van der Waals surface area contributed by atoms with E-state index in [1.54, 1.807) is 19.1 Å². The predicted molar refractivity (Wildman–Crippen MR) is 96.8 cm³/mol. The van der Waals surface area contributed by atoms with Crippen LogP contribution in [-0.2, 0) is 9.53 Å². The summed E-state index contributed by atoms with van der Waals surface area (Å²) in [5.74, 6) is 0.384. The minimum absolute atomic E-state index is 0.0654. The van der Waals surface area contributed by atoms with Gasteiger partial charge in [-0.05, 0) is 39.0 Å². The van der Waals surface area contributed by atoms with Crippen molar-refractivity contribution in [1.29, 1.82) is 0 Å². The minimum atomic E-state index is -0.472. The number of rotatable bonds is 10. The number of amides is 2. The van der Waals surface area contributed by atoms with Crippen LogP contribution in [0.2, 0.25) is 0 Å². The molecule has 8 heteroatoms. The Morgan fingerprint density at radius 1 is 1.32 bits per heavy atom. The van der Waals surface area contributed by atoms with Crippen LogP contribution in [0.3, 0.4) is 0 Å². The van der Waals surface area contributed by atoms with Crippen molar-refractivity contribution in [3.8, 4) is 5.75 Å².